The first kappa shape index (κ1) is 16.9. The molecule has 0 spiro atoms. The molecule has 1 heterocycles. The number of nitrogens with zero attached hydrogens (tertiary/aromatic N) is 2. The number of hydrogen-bond donors (Lipinski definition) is 0. The number of ether oxygens (including phenoxy) is 1. The van der Waals surface area contributed by atoms with Crippen LogP contribution in [0.25, 0.3) is 0 Å². The summed E-state index contributed by atoms with van der Waals surface area (Å²) in [7, 11) is -2.48. The second-order valence-corrected chi connectivity index (χ2v) is 7.25. The molecule has 0 aromatic heterocycles. The van der Waals surface area contributed by atoms with Gasteiger partial charge in [-0.15, -0.1) is 0 Å². The summed E-state index contributed by atoms with van der Waals surface area (Å²) in [6.45, 7) is 0.0114. The zero-order chi connectivity index (χ0) is 18.2. The Morgan fingerprint density at radius 2 is 1.84 bits per heavy atom. The van der Waals surface area contributed by atoms with Gasteiger partial charge >= 0.3 is 0 Å². The van der Waals surface area contributed by atoms with E-state index in [9.17, 15) is 23.3 Å². The summed E-state index contributed by atoms with van der Waals surface area (Å²) in [6, 6.07) is 9.26. The van der Waals surface area contributed by atoms with E-state index in [2.05, 4.69) is 0 Å². The van der Waals surface area contributed by atoms with Gasteiger partial charge < -0.3 is 4.74 Å². The molecule has 9 heteroatoms. The van der Waals surface area contributed by atoms with E-state index in [0.29, 0.717) is 5.75 Å². The molecule has 0 N–H and O–H groups in total. The Balaban J connectivity index is 2.05. The predicted molar refractivity (Wildman–Crippen MR) is 89.6 cm³/mol. The first-order valence-electron chi connectivity index (χ1n) is 7.33. The van der Waals surface area contributed by atoms with Crippen molar-refractivity contribution in [3.63, 3.8) is 0 Å². The Morgan fingerprint density at radius 3 is 2.44 bits per heavy atom. The quantitative estimate of drug-likeness (QED) is 0.610. The Bertz CT molecular complexity index is 953. The van der Waals surface area contributed by atoms with Gasteiger partial charge in [-0.25, -0.2) is 8.42 Å². The van der Waals surface area contributed by atoms with E-state index in [1.165, 1.54) is 31.4 Å². The number of ketones is 1. The minimum atomic E-state index is -3.94. The van der Waals surface area contributed by atoms with E-state index >= 15 is 0 Å². The number of sulfonamides is 1. The van der Waals surface area contributed by atoms with Gasteiger partial charge in [0.1, 0.15) is 5.75 Å². The fourth-order valence-electron chi connectivity index (χ4n) is 2.66. The third-order valence-electron chi connectivity index (χ3n) is 3.95. The van der Waals surface area contributed by atoms with Crippen LogP contribution >= 0.6 is 0 Å². The van der Waals surface area contributed by atoms with Crippen LogP contribution in [-0.4, -0.2) is 32.8 Å². The highest BCUT2D eigenvalue weighted by Crippen LogP contribution is 2.34. The lowest BCUT2D eigenvalue weighted by atomic mass is 10.0. The minimum Gasteiger partial charge on any atom is -0.497 e. The lowest BCUT2D eigenvalue weighted by molar-refractivity contribution is -0.384. The summed E-state index contributed by atoms with van der Waals surface area (Å²) in [5, 5.41) is 10.7. The van der Waals surface area contributed by atoms with Gasteiger partial charge in [0.2, 0.25) is 0 Å². The van der Waals surface area contributed by atoms with E-state index < -0.39 is 14.9 Å². The Labute approximate surface area is 143 Å². The number of carbonyl (C=O) groups excluding carboxylic acids is 1. The normalized spacial score (nSPS) is 14.1. The van der Waals surface area contributed by atoms with Crippen LogP contribution in [0.4, 0.5) is 11.4 Å². The van der Waals surface area contributed by atoms with E-state index in [4.69, 9.17) is 4.74 Å². The second kappa shape index (κ2) is 6.17. The van der Waals surface area contributed by atoms with Crippen molar-refractivity contribution in [3.05, 3.63) is 58.1 Å². The summed E-state index contributed by atoms with van der Waals surface area (Å²) in [6.07, 6.45) is 0.0480. The number of methoxy groups -OCH3 is 1. The Morgan fingerprint density at radius 1 is 1.16 bits per heavy atom. The molecule has 25 heavy (non-hydrogen) atoms. The average molecular weight is 362 g/mol. The molecule has 1 aliphatic heterocycles. The molecule has 0 amide bonds. The van der Waals surface area contributed by atoms with Gasteiger partial charge in [0, 0.05) is 30.7 Å². The van der Waals surface area contributed by atoms with Crippen molar-refractivity contribution in [3.8, 4) is 5.75 Å². The molecule has 0 saturated heterocycles. The van der Waals surface area contributed by atoms with Crippen LogP contribution in [0.5, 0.6) is 5.75 Å². The number of nitro groups is 1. The van der Waals surface area contributed by atoms with Gasteiger partial charge in [-0.05, 0) is 30.3 Å². The number of anilines is 1. The third-order valence-corrected chi connectivity index (χ3v) is 5.78. The number of nitro benzene ring substituents is 1. The van der Waals surface area contributed by atoms with Crippen molar-refractivity contribution < 1.29 is 22.9 Å². The topological polar surface area (TPSA) is 107 Å². The first-order valence-corrected chi connectivity index (χ1v) is 8.77. The van der Waals surface area contributed by atoms with Gasteiger partial charge in [-0.2, -0.15) is 0 Å². The molecule has 0 unspecified atom stereocenters. The lowest BCUT2D eigenvalue weighted by Gasteiger charge is -2.30. The number of fused-ring (bicyclic) bond motifs is 1. The van der Waals surface area contributed by atoms with Gasteiger partial charge in [0.25, 0.3) is 15.7 Å². The van der Waals surface area contributed by atoms with Crippen LogP contribution in [0.15, 0.2) is 47.4 Å². The molecular formula is C16H14N2O6S. The van der Waals surface area contributed by atoms with Gasteiger partial charge in [-0.1, -0.05) is 0 Å². The average Bonchev–Trinajstić information content (AvgIpc) is 2.61. The van der Waals surface area contributed by atoms with E-state index in [1.807, 2.05) is 0 Å². The molecule has 2 aromatic carbocycles. The number of benzene rings is 2. The molecule has 130 valence electrons. The van der Waals surface area contributed by atoms with Crippen LogP contribution in [0, 0.1) is 10.1 Å². The molecule has 0 atom stereocenters. The highest BCUT2D eigenvalue weighted by atomic mass is 32.2. The Hall–Kier alpha value is -2.94. The highest BCUT2D eigenvalue weighted by molar-refractivity contribution is 7.92. The number of non-ortho nitro benzene ring substituents is 1. The summed E-state index contributed by atoms with van der Waals surface area (Å²) < 4.78 is 32.0. The monoisotopic (exact) mass is 362 g/mol. The lowest BCUT2D eigenvalue weighted by Crippen LogP contribution is -2.37. The number of rotatable bonds is 4. The molecule has 0 radical (unpaired) electrons. The fourth-order valence-corrected chi connectivity index (χ4v) is 4.14. The smallest absolute Gasteiger partial charge is 0.269 e. The third kappa shape index (κ3) is 2.93. The van der Waals surface area contributed by atoms with Crippen LogP contribution in [-0.2, 0) is 10.0 Å². The highest BCUT2D eigenvalue weighted by Gasteiger charge is 2.32. The van der Waals surface area contributed by atoms with Crippen molar-refractivity contribution in [1.29, 1.82) is 0 Å². The zero-order valence-corrected chi connectivity index (χ0v) is 14.0. The predicted octanol–water partition coefficient (Wildman–Crippen LogP) is 2.39. The second-order valence-electron chi connectivity index (χ2n) is 5.38. The maximum Gasteiger partial charge on any atom is 0.269 e. The summed E-state index contributed by atoms with van der Waals surface area (Å²) >= 11 is 0. The maximum atomic E-state index is 12.9. The van der Waals surface area contributed by atoms with Crippen LogP contribution in [0.1, 0.15) is 16.8 Å². The number of hydrogen-bond acceptors (Lipinski definition) is 6. The molecule has 3 rings (SSSR count). The van der Waals surface area contributed by atoms with Crippen LogP contribution in [0.3, 0.4) is 0 Å². The standard InChI is InChI=1S/C16H14N2O6S/c1-24-12-4-7-15-14(10-12)16(19)8-9-17(15)25(22,23)13-5-2-11(3-6-13)18(20)21/h2-7,10H,8-9H2,1H3. The summed E-state index contributed by atoms with van der Waals surface area (Å²) in [5.41, 5.74) is 0.351. The zero-order valence-electron chi connectivity index (χ0n) is 13.2. The summed E-state index contributed by atoms with van der Waals surface area (Å²) in [5.74, 6) is 0.297. The molecule has 1 aliphatic rings. The molecular weight excluding hydrogens is 348 g/mol. The molecule has 8 nitrogen and oxygen atoms in total. The van der Waals surface area contributed by atoms with Crippen molar-refractivity contribution in [2.45, 2.75) is 11.3 Å². The van der Waals surface area contributed by atoms with Crippen molar-refractivity contribution in [2.24, 2.45) is 0 Å². The molecule has 2 aromatic rings. The van der Waals surface area contributed by atoms with E-state index in [0.717, 1.165) is 16.4 Å². The van der Waals surface area contributed by atoms with Crippen molar-refractivity contribution in [1.82, 2.24) is 0 Å². The largest absolute Gasteiger partial charge is 0.497 e. The molecule has 0 bridgehead atoms. The minimum absolute atomic E-state index is 0.0114. The van der Waals surface area contributed by atoms with Crippen molar-refractivity contribution >= 4 is 27.2 Å². The Kier molecular flexibility index (Phi) is 4.17. The SMILES string of the molecule is COc1ccc2c(c1)C(=O)CCN2S(=O)(=O)c1ccc([N+](=O)[O-])cc1. The maximum absolute atomic E-state index is 12.9. The molecule has 0 aliphatic carbocycles. The van der Waals surface area contributed by atoms with Crippen LogP contribution < -0.4 is 9.04 Å². The summed E-state index contributed by atoms with van der Waals surface area (Å²) in [4.78, 5) is 22.2. The van der Waals surface area contributed by atoms with Gasteiger partial charge in [0.15, 0.2) is 5.78 Å². The van der Waals surface area contributed by atoms with E-state index in [-0.39, 0.29) is 40.6 Å². The number of Topliss-reactive ketones (excluding diaryl/α,β-unsaturated/α-hetero) is 1. The van der Waals surface area contributed by atoms with Gasteiger partial charge in [-0.3, -0.25) is 19.2 Å². The molecule has 0 fully saturated rings. The number of carbonyl (C=O) groups is 1. The first-order chi connectivity index (χ1) is 11.8. The molecule has 0 saturated carbocycles. The van der Waals surface area contributed by atoms with Crippen LogP contribution in [0.2, 0.25) is 0 Å². The van der Waals surface area contributed by atoms with Gasteiger partial charge in [0.05, 0.1) is 22.6 Å². The van der Waals surface area contributed by atoms with Crippen molar-refractivity contribution in [2.75, 3.05) is 18.0 Å². The fraction of sp³-hybridized carbons (Fsp3) is 0.188. The van der Waals surface area contributed by atoms with E-state index in [1.54, 1.807) is 6.07 Å².